The van der Waals surface area contributed by atoms with Gasteiger partial charge in [-0.3, -0.25) is 14.4 Å². The summed E-state index contributed by atoms with van der Waals surface area (Å²) in [7, 11) is 6.53. The normalized spacial score (nSPS) is 39.5. The summed E-state index contributed by atoms with van der Waals surface area (Å²) in [5, 5.41) is 23.5. The number of hydrogen-bond donors (Lipinski definition) is 2. The van der Waals surface area contributed by atoms with Crippen molar-refractivity contribution in [2.75, 3.05) is 28.3 Å². The third-order valence-corrected chi connectivity index (χ3v) is 11.1. The first-order valence-electron chi connectivity index (χ1n) is 20.5. The monoisotopic (exact) mass is 827 g/mol. The minimum atomic E-state index is -1.48. The molecule has 0 aliphatic carbocycles. The number of aliphatic hydroxyl groups is 2. The van der Waals surface area contributed by atoms with Crippen molar-refractivity contribution in [3.05, 3.63) is 24.3 Å². The van der Waals surface area contributed by atoms with Crippen molar-refractivity contribution in [3.8, 4) is 0 Å². The van der Waals surface area contributed by atoms with E-state index in [4.69, 9.17) is 42.6 Å². The summed E-state index contributed by atoms with van der Waals surface area (Å²) in [5.41, 5.74) is -1.48. The standard InChI is InChI=1S/C42H69NO15/c1-12-31(45)55-30-22-33(47)52-25(4)17-15-14-16-18-29(50-10)24(3)21-28(19-20-44)38(39(30)51-11)58-41-36(48)35(43(8)9)37(26(5)54-41)57-34-23-42(7,49)40(27(6)53-34)56-32(46)13-2/h14-16,18,20,24-30,34-41,48-49H,12-13,17,19,21-23H2,1-11H3. The molecule has 2 fully saturated rings. The maximum atomic E-state index is 13.4. The number of ether oxygens (including phenoxy) is 9. The van der Waals surface area contributed by atoms with Gasteiger partial charge in [0.05, 0.1) is 36.9 Å². The Labute approximate surface area is 343 Å². The predicted octanol–water partition coefficient (Wildman–Crippen LogP) is 3.42. The number of cyclic esters (lactones) is 1. The van der Waals surface area contributed by atoms with E-state index in [1.807, 2.05) is 31.2 Å². The SMILES string of the molecule is CCC(=O)OC1CC(=O)OC(C)CC=CC=CC(OC)C(C)CC(CC=O)C(OC2OC(C)C(OC3CC(C)(O)C(OC(=O)CC)C(C)O3)C(N(C)C)C2O)C1OC. The summed E-state index contributed by atoms with van der Waals surface area (Å²) in [6.45, 7) is 12.0. The van der Waals surface area contributed by atoms with Crippen molar-refractivity contribution in [2.45, 2.75) is 179 Å². The molecular formula is C42H69NO15. The van der Waals surface area contributed by atoms with Crippen LogP contribution in [-0.2, 0) is 61.8 Å². The van der Waals surface area contributed by atoms with Crippen molar-refractivity contribution in [1.82, 2.24) is 4.90 Å². The Balaban J connectivity index is 2.03. The number of esters is 3. The number of methoxy groups -OCH3 is 2. The van der Waals surface area contributed by atoms with Crippen LogP contribution in [0.25, 0.3) is 0 Å². The summed E-state index contributed by atoms with van der Waals surface area (Å²) in [6, 6.07) is -0.759. The number of likely N-dealkylation sites (N-methyl/N-ethyl adjacent to an activating group) is 1. The molecule has 2 N–H and O–H groups in total. The minimum absolute atomic E-state index is 0.0161. The highest BCUT2D eigenvalue weighted by atomic mass is 16.7. The van der Waals surface area contributed by atoms with Crippen LogP contribution in [0.1, 0.15) is 93.4 Å². The van der Waals surface area contributed by atoms with E-state index in [-0.39, 0.29) is 44.1 Å². The molecule has 332 valence electrons. The van der Waals surface area contributed by atoms with Gasteiger partial charge in [0.1, 0.15) is 42.4 Å². The molecule has 0 radical (unpaired) electrons. The van der Waals surface area contributed by atoms with Crippen LogP contribution in [0.4, 0.5) is 0 Å². The maximum absolute atomic E-state index is 13.4. The average molecular weight is 828 g/mol. The number of rotatable bonds is 13. The predicted molar refractivity (Wildman–Crippen MR) is 210 cm³/mol. The fourth-order valence-corrected chi connectivity index (χ4v) is 8.12. The van der Waals surface area contributed by atoms with E-state index in [1.54, 1.807) is 67.6 Å². The minimum Gasteiger partial charge on any atom is -0.462 e. The molecule has 3 aliphatic heterocycles. The molecule has 16 atom stereocenters. The quantitative estimate of drug-likeness (QED) is 0.156. The Hall–Kier alpha value is -2.80. The van der Waals surface area contributed by atoms with Crippen molar-refractivity contribution in [3.63, 3.8) is 0 Å². The Morgan fingerprint density at radius 3 is 2.21 bits per heavy atom. The van der Waals surface area contributed by atoms with Crippen molar-refractivity contribution >= 4 is 24.2 Å². The summed E-state index contributed by atoms with van der Waals surface area (Å²) < 4.78 is 54.7. The van der Waals surface area contributed by atoms with Crippen LogP contribution in [0.2, 0.25) is 0 Å². The molecule has 16 nitrogen and oxygen atoms in total. The molecule has 0 aromatic heterocycles. The molecule has 58 heavy (non-hydrogen) atoms. The van der Waals surface area contributed by atoms with Gasteiger partial charge in [-0.25, -0.2) is 0 Å². The molecule has 0 bridgehead atoms. The summed E-state index contributed by atoms with van der Waals surface area (Å²) in [6.07, 6.45) is -2.30. The molecule has 16 unspecified atom stereocenters. The van der Waals surface area contributed by atoms with Gasteiger partial charge in [-0.1, -0.05) is 45.1 Å². The molecule has 0 spiro atoms. The zero-order valence-electron chi connectivity index (χ0n) is 36.1. The van der Waals surface area contributed by atoms with E-state index < -0.39 is 103 Å². The Kier molecular flexibility index (Phi) is 19.9. The van der Waals surface area contributed by atoms with E-state index in [2.05, 4.69) is 0 Å². The van der Waals surface area contributed by atoms with Gasteiger partial charge in [0.2, 0.25) is 0 Å². The third kappa shape index (κ3) is 13.6. The number of allylic oxidation sites excluding steroid dienone is 2. The van der Waals surface area contributed by atoms with Gasteiger partial charge in [0, 0.05) is 46.3 Å². The smallest absolute Gasteiger partial charge is 0.309 e. The largest absolute Gasteiger partial charge is 0.462 e. The summed E-state index contributed by atoms with van der Waals surface area (Å²) >= 11 is 0. The molecule has 3 heterocycles. The van der Waals surface area contributed by atoms with Crippen LogP contribution in [-0.4, -0.2) is 153 Å². The summed E-state index contributed by atoms with van der Waals surface area (Å²) in [4.78, 5) is 52.5. The molecular weight excluding hydrogens is 758 g/mol. The second-order valence-electron chi connectivity index (χ2n) is 16.2. The lowest BCUT2D eigenvalue weighted by atomic mass is 9.82. The average Bonchev–Trinajstić information content (AvgIpc) is 3.15. The first kappa shape index (κ1) is 49.6. The molecule has 3 rings (SSSR count). The third-order valence-electron chi connectivity index (χ3n) is 11.1. The van der Waals surface area contributed by atoms with Gasteiger partial charge in [-0.05, 0) is 60.0 Å². The number of aldehydes is 1. The first-order valence-corrected chi connectivity index (χ1v) is 20.5. The molecule has 0 saturated carbocycles. The molecule has 2 saturated heterocycles. The lowest BCUT2D eigenvalue weighted by Gasteiger charge is -2.50. The van der Waals surface area contributed by atoms with E-state index >= 15 is 0 Å². The second kappa shape index (κ2) is 23.3. The van der Waals surface area contributed by atoms with Crippen LogP contribution >= 0.6 is 0 Å². The van der Waals surface area contributed by atoms with Crippen LogP contribution in [0.3, 0.4) is 0 Å². The van der Waals surface area contributed by atoms with Crippen LogP contribution in [0.15, 0.2) is 24.3 Å². The topological polar surface area (TPSA) is 195 Å². The van der Waals surface area contributed by atoms with Gasteiger partial charge < -0.3 is 62.5 Å². The fourth-order valence-electron chi connectivity index (χ4n) is 8.12. The molecule has 3 aliphatic rings. The first-order chi connectivity index (χ1) is 27.4. The lowest BCUT2D eigenvalue weighted by molar-refractivity contribution is -0.344. The molecule has 0 aromatic carbocycles. The number of hydrogen-bond acceptors (Lipinski definition) is 16. The highest BCUT2D eigenvalue weighted by molar-refractivity contribution is 5.72. The van der Waals surface area contributed by atoms with Crippen molar-refractivity contribution < 1.29 is 72.0 Å². The number of aliphatic hydroxyl groups excluding tert-OH is 1. The van der Waals surface area contributed by atoms with Gasteiger partial charge in [-0.2, -0.15) is 0 Å². The Bertz CT molecular complexity index is 1370. The molecule has 16 heteroatoms. The van der Waals surface area contributed by atoms with E-state index in [0.29, 0.717) is 12.8 Å². The zero-order valence-corrected chi connectivity index (χ0v) is 36.1. The number of nitrogens with zero attached hydrogens (tertiary/aromatic N) is 1. The molecule has 0 aromatic rings. The lowest BCUT2D eigenvalue weighted by Crippen LogP contribution is -2.66. The highest BCUT2D eigenvalue weighted by Gasteiger charge is 2.53. The van der Waals surface area contributed by atoms with Gasteiger partial charge in [0.25, 0.3) is 0 Å². The zero-order chi connectivity index (χ0) is 43.3. The van der Waals surface area contributed by atoms with Gasteiger partial charge >= 0.3 is 17.9 Å². The molecule has 0 amide bonds. The van der Waals surface area contributed by atoms with E-state index in [9.17, 15) is 29.4 Å². The van der Waals surface area contributed by atoms with Crippen LogP contribution in [0, 0.1) is 11.8 Å². The summed E-state index contributed by atoms with van der Waals surface area (Å²) in [5.74, 6) is -2.46. The van der Waals surface area contributed by atoms with Gasteiger partial charge in [-0.15, -0.1) is 0 Å². The van der Waals surface area contributed by atoms with Crippen molar-refractivity contribution in [1.29, 1.82) is 0 Å². The van der Waals surface area contributed by atoms with Gasteiger partial charge in [0.15, 0.2) is 18.7 Å². The van der Waals surface area contributed by atoms with Crippen LogP contribution in [0.5, 0.6) is 0 Å². The van der Waals surface area contributed by atoms with Crippen LogP contribution < -0.4 is 0 Å². The maximum Gasteiger partial charge on any atom is 0.309 e. The second-order valence-corrected chi connectivity index (χ2v) is 16.2. The van der Waals surface area contributed by atoms with E-state index in [0.717, 1.165) is 6.29 Å². The fraction of sp³-hybridized carbons (Fsp3) is 0.810. The Morgan fingerprint density at radius 2 is 1.62 bits per heavy atom. The Morgan fingerprint density at radius 1 is 0.948 bits per heavy atom. The number of carbonyl (C=O) groups excluding carboxylic acids is 4. The number of carbonyl (C=O) groups is 4. The van der Waals surface area contributed by atoms with Crippen molar-refractivity contribution in [2.24, 2.45) is 11.8 Å². The highest BCUT2D eigenvalue weighted by Crippen LogP contribution is 2.38. The van der Waals surface area contributed by atoms with E-state index in [1.165, 1.54) is 7.11 Å².